The normalized spacial score (nSPS) is 11.2. The lowest BCUT2D eigenvalue weighted by Gasteiger charge is -2.08. The van der Waals surface area contributed by atoms with Crippen LogP contribution in [0.4, 0.5) is 0 Å². The van der Waals surface area contributed by atoms with Gasteiger partial charge in [0.05, 0.1) is 19.3 Å². The molecule has 0 saturated heterocycles. The Kier molecular flexibility index (Phi) is 6.82. The summed E-state index contributed by atoms with van der Waals surface area (Å²) in [5, 5.41) is 3.08. The number of carbonyl (C=O) groups is 1. The number of hydrogen-bond acceptors (Lipinski definition) is 3. The van der Waals surface area contributed by atoms with Gasteiger partial charge in [0, 0.05) is 12.5 Å². The van der Waals surface area contributed by atoms with Gasteiger partial charge in [0.1, 0.15) is 5.78 Å². The molecule has 13 heavy (non-hydrogen) atoms. The molecule has 0 aliphatic carbocycles. The molecular formula is C10H21NO2. The molecule has 0 aromatic carbocycles. The molecule has 0 radical (unpaired) electrons. The minimum absolute atomic E-state index is 0.214. The minimum Gasteiger partial charge on any atom is -0.378 e. The van der Waals surface area contributed by atoms with Crippen LogP contribution in [0.2, 0.25) is 0 Å². The second kappa shape index (κ2) is 7.04. The maximum Gasteiger partial charge on any atom is 0.148 e. The van der Waals surface area contributed by atoms with E-state index in [9.17, 15) is 4.79 Å². The van der Waals surface area contributed by atoms with Crippen molar-refractivity contribution in [1.82, 2.24) is 5.32 Å². The highest BCUT2D eigenvalue weighted by Crippen LogP contribution is 1.91. The topological polar surface area (TPSA) is 38.3 Å². The number of ether oxygens (including phenoxy) is 1. The third-order valence-electron chi connectivity index (χ3n) is 1.54. The zero-order valence-electron chi connectivity index (χ0n) is 9.09. The minimum atomic E-state index is 0.214. The summed E-state index contributed by atoms with van der Waals surface area (Å²) in [6.45, 7) is 8.98. The first kappa shape index (κ1) is 12.6. The second-order valence-corrected chi connectivity index (χ2v) is 3.74. The van der Waals surface area contributed by atoms with Crippen molar-refractivity contribution in [1.29, 1.82) is 0 Å². The van der Waals surface area contributed by atoms with E-state index in [0.717, 1.165) is 0 Å². The van der Waals surface area contributed by atoms with Gasteiger partial charge in [-0.05, 0) is 13.8 Å². The number of nitrogens with one attached hydrogen (secondary N) is 1. The second-order valence-electron chi connectivity index (χ2n) is 3.74. The molecule has 0 fully saturated rings. The molecule has 0 bridgehead atoms. The largest absolute Gasteiger partial charge is 0.378 e. The Morgan fingerprint density at radius 1 is 1.31 bits per heavy atom. The van der Waals surface area contributed by atoms with E-state index in [-0.39, 0.29) is 11.9 Å². The van der Waals surface area contributed by atoms with Crippen LogP contribution in [0.25, 0.3) is 0 Å². The van der Waals surface area contributed by atoms with Crippen LogP contribution >= 0.6 is 0 Å². The van der Waals surface area contributed by atoms with Crippen molar-refractivity contribution in [2.24, 2.45) is 0 Å². The Morgan fingerprint density at radius 3 is 2.38 bits per heavy atom. The SMILES string of the molecule is CC(C)NCC(=O)CCOC(C)C. The van der Waals surface area contributed by atoms with E-state index in [1.807, 2.05) is 27.7 Å². The fraction of sp³-hybridized carbons (Fsp3) is 0.900. The molecule has 3 heteroatoms. The van der Waals surface area contributed by atoms with Crippen LogP contribution in [0.5, 0.6) is 0 Å². The Morgan fingerprint density at radius 2 is 1.92 bits per heavy atom. The van der Waals surface area contributed by atoms with Crippen LogP contribution in [-0.4, -0.2) is 31.1 Å². The van der Waals surface area contributed by atoms with E-state index >= 15 is 0 Å². The van der Waals surface area contributed by atoms with Gasteiger partial charge in [-0.15, -0.1) is 0 Å². The van der Waals surface area contributed by atoms with Crippen LogP contribution in [0.3, 0.4) is 0 Å². The van der Waals surface area contributed by atoms with Crippen molar-refractivity contribution in [3.8, 4) is 0 Å². The number of ketones is 1. The van der Waals surface area contributed by atoms with E-state index in [1.165, 1.54) is 0 Å². The first-order valence-electron chi connectivity index (χ1n) is 4.89. The van der Waals surface area contributed by atoms with E-state index in [0.29, 0.717) is 25.6 Å². The monoisotopic (exact) mass is 187 g/mol. The number of carbonyl (C=O) groups excluding carboxylic acids is 1. The molecule has 0 heterocycles. The van der Waals surface area contributed by atoms with Gasteiger partial charge in [-0.1, -0.05) is 13.8 Å². The molecule has 0 aliphatic rings. The van der Waals surface area contributed by atoms with E-state index in [4.69, 9.17) is 4.74 Å². The lowest BCUT2D eigenvalue weighted by molar-refractivity contribution is -0.119. The summed E-state index contributed by atoms with van der Waals surface area (Å²) in [6, 6.07) is 0.370. The number of rotatable bonds is 7. The van der Waals surface area contributed by atoms with Crippen molar-refractivity contribution in [2.45, 2.75) is 46.3 Å². The maximum atomic E-state index is 11.2. The van der Waals surface area contributed by atoms with Gasteiger partial charge in [-0.2, -0.15) is 0 Å². The van der Waals surface area contributed by atoms with Crippen LogP contribution in [0.15, 0.2) is 0 Å². The first-order valence-corrected chi connectivity index (χ1v) is 4.89. The van der Waals surface area contributed by atoms with E-state index in [2.05, 4.69) is 5.32 Å². The van der Waals surface area contributed by atoms with Gasteiger partial charge < -0.3 is 10.1 Å². The molecule has 0 atom stereocenters. The van der Waals surface area contributed by atoms with E-state index < -0.39 is 0 Å². The molecule has 0 aromatic rings. The average molecular weight is 187 g/mol. The van der Waals surface area contributed by atoms with Crippen molar-refractivity contribution < 1.29 is 9.53 Å². The molecule has 3 nitrogen and oxygen atoms in total. The van der Waals surface area contributed by atoms with Crippen molar-refractivity contribution in [2.75, 3.05) is 13.2 Å². The summed E-state index contributed by atoms with van der Waals surface area (Å²) >= 11 is 0. The van der Waals surface area contributed by atoms with Crippen LogP contribution in [-0.2, 0) is 9.53 Å². The van der Waals surface area contributed by atoms with Gasteiger partial charge in [0.15, 0.2) is 0 Å². The predicted octanol–water partition coefficient (Wildman–Crippen LogP) is 1.37. The summed E-state index contributed by atoms with van der Waals surface area (Å²) in [6.07, 6.45) is 0.726. The summed E-state index contributed by atoms with van der Waals surface area (Å²) < 4.78 is 5.27. The predicted molar refractivity (Wildman–Crippen MR) is 53.9 cm³/mol. The quantitative estimate of drug-likeness (QED) is 0.654. The van der Waals surface area contributed by atoms with Crippen molar-refractivity contribution in [3.63, 3.8) is 0 Å². The molecule has 78 valence electrons. The Labute approximate surface area is 80.8 Å². The van der Waals surface area contributed by atoms with Crippen molar-refractivity contribution >= 4 is 5.78 Å². The number of hydrogen-bond donors (Lipinski definition) is 1. The van der Waals surface area contributed by atoms with Gasteiger partial charge in [0.25, 0.3) is 0 Å². The first-order chi connectivity index (χ1) is 6.02. The van der Waals surface area contributed by atoms with Crippen molar-refractivity contribution in [3.05, 3.63) is 0 Å². The van der Waals surface area contributed by atoms with Crippen LogP contribution < -0.4 is 5.32 Å². The van der Waals surface area contributed by atoms with Crippen LogP contribution in [0.1, 0.15) is 34.1 Å². The molecule has 0 spiro atoms. The molecule has 0 unspecified atom stereocenters. The highest BCUT2D eigenvalue weighted by molar-refractivity contribution is 5.80. The zero-order chi connectivity index (χ0) is 10.3. The summed E-state index contributed by atoms with van der Waals surface area (Å²) in [5.41, 5.74) is 0. The standard InChI is InChI=1S/C10H21NO2/c1-8(2)11-7-10(12)5-6-13-9(3)4/h8-9,11H,5-7H2,1-4H3. The third kappa shape index (κ3) is 9.50. The third-order valence-corrected chi connectivity index (χ3v) is 1.54. The zero-order valence-corrected chi connectivity index (χ0v) is 9.09. The lowest BCUT2D eigenvalue weighted by Crippen LogP contribution is -2.29. The highest BCUT2D eigenvalue weighted by atomic mass is 16.5. The molecule has 0 saturated carbocycles. The van der Waals surface area contributed by atoms with Gasteiger partial charge in [-0.3, -0.25) is 4.79 Å². The molecule has 0 amide bonds. The van der Waals surface area contributed by atoms with Gasteiger partial charge in [0.2, 0.25) is 0 Å². The maximum absolute atomic E-state index is 11.2. The molecule has 1 N–H and O–H groups in total. The summed E-state index contributed by atoms with van der Waals surface area (Å²) in [5.74, 6) is 0.217. The fourth-order valence-corrected chi connectivity index (χ4v) is 0.815. The van der Waals surface area contributed by atoms with E-state index in [1.54, 1.807) is 0 Å². The Bertz CT molecular complexity index is 144. The Hall–Kier alpha value is -0.410. The Balaban J connectivity index is 3.30. The highest BCUT2D eigenvalue weighted by Gasteiger charge is 2.03. The number of Topliss-reactive ketones (excluding diaryl/α,β-unsaturated/α-hetero) is 1. The molecule has 0 rings (SSSR count). The smallest absolute Gasteiger partial charge is 0.148 e. The average Bonchev–Trinajstić information content (AvgIpc) is 2.00. The lowest BCUT2D eigenvalue weighted by atomic mass is 10.2. The molecule has 0 aliphatic heterocycles. The summed E-state index contributed by atoms with van der Waals surface area (Å²) in [4.78, 5) is 11.2. The van der Waals surface area contributed by atoms with Crippen LogP contribution in [0, 0.1) is 0 Å². The molecule has 0 aromatic heterocycles. The van der Waals surface area contributed by atoms with Gasteiger partial charge >= 0.3 is 0 Å². The van der Waals surface area contributed by atoms with Gasteiger partial charge in [-0.25, -0.2) is 0 Å². The fourth-order valence-electron chi connectivity index (χ4n) is 0.815. The molecular weight excluding hydrogens is 166 g/mol. The summed E-state index contributed by atoms with van der Waals surface area (Å²) in [7, 11) is 0.